The van der Waals surface area contributed by atoms with Gasteiger partial charge in [0.25, 0.3) is 0 Å². The Hall–Kier alpha value is -1.91. The quantitative estimate of drug-likeness (QED) is 0.536. The van der Waals surface area contributed by atoms with E-state index in [0.29, 0.717) is 6.08 Å². The minimum atomic E-state index is -1.26. The van der Waals surface area contributed by atoms with Gasteiger partial charge in [0.15, 0.2) is 11.9 Å². The van der Waals surface area contributed by atoms with Crippen LogP contribution < -0.4 is 0 Å². The molecule has 0 saturated heterocycles. The largest absolute Gasteiger partial charge is 0.478 e. The molecule has 0 saturated carbocycles. The Bertz CT molecular complexity index is 327. The van der Waals surface area contributed by atoms with Crippen LogP contribution in [0.25, 0.3) is 0 Å². The van der Waals surface area contributed by atoms with Crippen LogP contribution in [0.15, 0.2) is 24.3 Å². The molecule has 0 amide bonds. The fraction of sp³-hybridized carbons (Fsp3) is 0.300. The Morgan fingerprint density at radius 3 is 2.27 bits per heavy atom. The predicted molar refractivity (Wildman–Crippen MR) is 52.2 cm³/mol. The van der Waals surface area contributed by atoms with Gasteiger partial charge >= 0.3 is 11.9 Å². The van der Waals surface area contributed by atoms with E-state index < -0.39 is 23.8 Å². The summed E-state index contributed by atoms with van der Waals surface area (Å²) in [6.07, 6.45) is 0.429. The van der Waals surface area contributed by atoms with Crippen molar-refractivity contribution in [3.05, 3.63) is 24.3 Å². The number of ketones is 1. The normalized spacial score (nSPS) is 12.1. The van der Waals surface area contributed by atoms with Gasteiger partial charge in [-0.15, -0.1) is 0 Å². The van der Waals surface area contributed by atoms with E-state index in [-0.39, 0.29) is 5.57 Å². The number of carbonyl (C=O) groups excluding carboxylic acids is 2. The summed E-state index contributed by atoms with van der Waals surface area (Å²) in [7, 11) is 0. The van der Waals surface area contributed by atoms with Crippen LogP contribution >= 0.6 is 0 Å². The minimum absolute atomic E-state index is 0.275. The zero-order chi connectivity index (χ0) is 12.0. The third kappa shape index (κ3) is 5.41. The van der Waals surface area contributed by atoms with Crippen LogP contribution in [0, 0.1) is 0 Å². The number of aliphatic carboxylic acids is 1. The Morgan fingerprint density at radius 1 is 1.33 bits per heavy atom. The third-order valence-electron chi connectivity index (χ3n) is 1.44. The third-order valence-corrected chi connectivity index (χ3v) is 1.44. The first-order chi connectivity index (χ1) is 6.84. The summed E-state index contributed by atoms with van der Waals surface area (Å²) in [4.78, 5) is 32.2. The Morgan fingerprint density at radius 2 is 1.87 bits per heavy atom. The molecule has 0 heterocycles. The van der Waals surface area contributed by atoms with Crippen molar-refractivity contribution >= 4 is 17.7 Å². The molecule has 0 aromatic heterocycles. The average Bonchev–Trinajstić information content (AvgIpc) is 2.13. The first-order valence-corrected chi connectivity index (χ1v) is 4.16. The van der Waals surface area contributed by atoms with Crippen molar-refractivity contribution in [2.75, 3.05) is 0 Å². The molecule has 0 aliphatic rings. The van der Waals surface area contributed by atoms with E-state index in [1.807, 2.05) is 0 Å². The van der Waals surface area contributed by atoms with Gasteiger partial charge in [0, 0.05) is 12.2 Å². The zero-order valence-electron chi connectivity index (χ0n) is 8.52. The first kappa shape index (κ1) is 13.1. The summed E-state index contributed by atoms with van der Waals surface area (Å²) in [6, 6.07) is 0. The molecule has 0 rings (SSSR count). The molecular formula is C10H12O5. The van der Waals surface area contributed by atoms with Crippen LogP contribution in [0.4, 0.5) is 0 Å². The van der Waals surface area contributed by atoms with E-state index in [0.717, 1.165) is 6.08 Å². The maximum Gasteiger partial charge on any atom is 0.331 e. The number of carbonyl (C=O) groups is 3. The molecule has 0 aromatic rings. The number of rotatable bonds is 5. The summed E-state index contributed by atoms with van der Waals surface area (Å²) >= 11 is 0. The van der Waals surface area contributed by atoms with Gasteiger partial charge < -0.3 is 9.84 Å². The van der Waals surface area contributed by atoms with E-state index >= 15 is 0 Å². The predicted octanol–water partition coefficient (Wildman–Crippen LogP) is 0.704. The molecule has 15 heavy (non-hydrogen) atoms. The van der Waals surface area contributed by atoms with E-state index in [4.69, 9.17) is 5.11 Å². The second-order valence-electron chi connectivity index (χ2n) is 2.90. The van der Waals surface area contributed by atoms with Crippen molar-refractivity contribution in [2.24, 2.45) is 0 Å². The lowest BCUT2D eigenvalue weighted by Gasteiger charge is -2.09. The van der Waals surface area contributed by atoms with Crippen LogP contribution in [0.5, 0.6) is 0 Å². The summed E-state index contributed by atoms with van der Waals surface area (Å²) < 4.78 is 4.62. The molecule has 0 aliphatic heterocycles. The van der Waals surface area contributed by atoms with Crippen LogP contribution in [0.2, 0.25) is 0 Å². The topological polar surface area (TPSA) is 80.7 Å². The number of carboxylic acid groups (broad SMARTS) is 1. The molecule has 1 atom stereocenters. The Balaban J connectivity index is 4.25. The monoisotopic (exact) mass is 212 g/mol. The molecular weight excluding hydrogens is 200 g/mol. The number of esters is 1. The van der Waals surface area contributed by atoms with Crippen molar-refractivity contribution < 1.29 is 24.2 Å². The molecule has 0 radical (unpaired) electrons. The highest BCUT2D eigenvalue weighted by atomic mass is 16.5. The van der Waals surface area contributed by atoms with Gasteiger partial charge in [0.1, 0.15) is 0 Å². The van der Waals surface area contributed by atoms with Crippen molar-refractivity contribution in [2.45, 2.75) is 20.0 Å². The van der Waals surface area contributed by atoms with Crippen molar-refractivity contribution in [3.63, 3.8) is 0 Å². The molecule has 5 heteroatoms. The van der Waals surface area contributed by atoms with E-state index in [1.165, 1.54) is 13.8 Å². The second kappa shape index (κ2) is 5.74. The molecule has 1 N–H and O–H groups in total. The van der Waals surface area contributed by atoms with E-state index in [9.17, 15) is 14.4 Å². The molecule has 0 spiro atoms. The number of hydrogen-bond acceptors (Lipinski definition) is 4. The Kier molecular flexibility index (Phi) is 5.01. The highest BCUT2D eigenvalue weighted by Crippen LogP contribution is 2.01. The number of carboxylic acids is 1. The molecule has 0 aliphatic carbocycles. The lowest BCUT2D eigenvalue weighted by atomic mass is 10.1. The standard InChI is InChI=1S/C10H12O5/c1-6(2)10(14)7(3)15-9(13)5-4-8(11)12/h4-5,7H,1H2,2-3H3,(H,11,12)/b5-4+. The lowest BCUT2D eigenvalue weighted by Crippen LogP contribution is -2.23. The summed E-state index contributed by atoms with van der Waals surface area (Å²) in [5.41, 5.74) is 0.275. The van der Waals surface area contributed by atoms with Gasteiger partial charge in [0.2, 0.25) is 0 Å². The lowest BCUT2D eigenvalue weighted by molar-refractivity contribution is -0.148. The maximum atomic E-state index is 11.2. The molecule has 5 nitrogen and oxygen atoms in total. The van der Waals surface area contributed by atoms with Crippen molar-refractivity contribution in [3.8, 4) is 0 Å². The van der Waals surface area contributed by atoms with Gasteiger partial charge in [-0.3, -0.25) is 4.79 Å². The Labute approximate surface area is 87.0 Å². The fourth-order valence-electron chi connectivity index (χ4n) is 0.753. The summed E-state index contributed by atoms with van der Waals surface area (Å²) in [6.45, 7) is 6.30. The summed E-state index contributed by atoms with van der Waals surface area (Å²) in [5, 5.41) is 8.22. The zero-order valence-corrected chi connectivity index (χ0v) is 8.52. The number of Topliss-reactive ketones (excluding diaryl/α,β-unsaturated/α-hetero) is 1. The first-order valence-electron chi connectivity index (χ1n) is 4.16. The van der Waals surface area contributed by atoms with Gasteiger partial charge in [-0.2, -0.15) is 0 Å². The van der Waals surface area contributed by atoms with Gasteiger partial charge in [-0.1, -0.05) is 6.58 Å². The number of ether oxygens (including phenoxy) is 1. The number of hydrogen-bond donors (Lipinski definition) is 1. The van der Waals surface area contributed by atoms with Gasteiger partial charge in [-0.05, 0) is 19.4 Å². The maximum absolute atomic E-state index is 11.2. The summed E-state index contributed by atoms with van der Waals surface area (Å²) in [5.74, 6) is -2.53. The highest BCUT2D eigenvalue weighted by Gasteiger charge is 2.16. The van der Waals surface area contributed by atoms with Crippen molar-refractivity contribution in [1.29, 1.82) is 0 Å². The molecule has 1 unspecified atom stereocenters. The van der Waals surface area contributed by atoms with E-state index in [1.54, 1.807) is 0 Å². The molecule has 82 valence electrons. The van der Waals surface area contributed by atoms with Gasteiger partial charge in [0.05, 0.1) is 0 Å². The van der Waals surface area contributed by atoms with Gasteiger partial charge in [-0.25, -0.2) is 9.59 Å². The average molecular weight is 212 g/mol. The van der Waals surface area contributed by atoms with Crippen molar-refractivity contribution in [1.82, 2.24) is 0 Å². The minimum Gasteiger partial charge on any atom is -0.478 e. The fourth-order valence-corrected chi connectivity index (χ4v) is 0.753. The van der Waals surface area contributed by atoms with Crippen LogP contribution in [0.3, 0.4) is 0 Å². The molecule has 0 aromatic carbocycles. The van der Waals surface area contributed by atoms with Crippen LogP contribution in [-0.2, 0) is 19.1 Å². The van der Waals surface area contributed by atoms with E-state index in [2.05, 4.69) is 11.3 Å². The van der Waals surface area contributed by atoms with Crippen LogP contribution in [0.1, 0.15) is 13.8 Å². The molecule has 0 bridgehead atoms. The smallest absolute Gasteiger partial charge is 0.331 e. The SMILES string of the molecule is C=C(C)C(=O)C(C)OC(=O)/C=C/C(=O)O. The second-order valence-corrected chi connectivity index (χ2v) is 2.90. The highest BCUT2D eigenvalue weighted by molar-refractivity contribution is 5.99. The molecule has 0 fully saturated rings. The van der Waals surface area contributed by atoms with Crippen LogP contribution in [-0.4, -0.2) is 28.9 Å².